The van der Waals surface area contributed by atoms with Crippen molar-refractivity contribution < 1.29 is 9.59 Å². The number of nitrogens with one attached hydrogen (secondary N) is 1. The monoisotopic (exact) mass is 373 g/mol. The summed E-state index contributed by atoms with van der Waals surface area (Å²) in [5, 5.41) is 4.65. The standard InChI is InChI=1S/C19H23N3O3S/c1-14-13-26-19(25)22(14)11-8-17(23)20-12-15-4-6-16(7-5-15)18(24)21-9-2-3-10-21/h4-7,13H,2-3,8-12H2,1H3,(H,20,23). The van der Waals surface area contributed by atoms with Crippen molar-refractivity contribution in [3.63, 3.8) is 0 Å². The molecule has 0 radical (unpaired) electrons. The number of aryl methyl sites for hydroxylation is 1. The molecule has 2 amide bonds. The van der Waals surface area contributed by atoms with E-state index in [4.69, 9.17) is 0 Å². The van der Waals surface area contributed by atoms with Crippen LogP contribution in [0.1, 0.15) is 40.9 Å². The fraction of sp³-hybridized carbons (Fsp3) is 0.421. The summed E-state index contributed by atoms with van der Waals surface area (Å²) in [7, 11) is 0. The summed E-state index contributed by atoms with van der Waals surface area (Å²) in [5.74, 6) is -0.0191. The first-order valence-electron chi connectivity index (χ1n) is 8.84. The second kappa shape index (κ2) is 8.31. The molecule has 1 aromatic carbocycles. The van der Waals surface area contributed by atoms with Gasteiger partial charge in [-0.3, -0.25) is 14.4 Å². The zero-order valence-corrected chi connectivity index (χ0v) is 15.7. The predicted octanol–water partition coefficient (Wildman–Crippen LogP) is 2.16. The van der Waals surface area contributed by atoms with Crippen LogP contribution < -0.4 is 10.2 Å². The molecular weight excluding hydrogens is 350 g/mol. The zero-order chi connectivity index (χ0) is 18.5. The molecule has 0 unspecified atom stereocenters. The van der Waals surface area contributed by atoms with Crippen LogP contribution in [0.15, 0.2) is 34.4 Å². The number of likely N-dealkylation sites (tertiary alicyclic amines) is 1. The molecule has 0 spiro atoms. The van der Waals surface area contributed by atoms with Crippen LogP contribution in [0.3, 0.4) is 0 Å². The predicted molar refractivity (Wildman–Crippen MR) is 101 cm³/mol. The summed E-state index contributed by atoms with van der Waals surface area (Å²) in [5.41, 5.74) is 2.51. The molecule has 26 heavy (non-hydrogen) atoms. The normalized spacial score (nSPS) is 13.8. The van der Waals surface area contributed by atoms with Crippen molar-refractivity contribution in [2.75, 3.05) is 13.1 Å². The van der Waals surface area contributed by atoms with Gasteiger partial charge in [-0.25, -0.2) is 0 Å². The van der Waals surface area contributed by atoms with E-state index in [1.807, 2.05) is 36.1 Å². The number of aromatic nitrogens is 1. The van der Waals surface area contributed by atoms with Gasteiger partial charge in [0.15, 0.2) is 0 Å². The van der Waals surface area contributed by atoms with Crippen LogP contribution in [0.2, 0.25) is 0 Å². The lowest BCUT2D eigenvalue weighted by molar-refractivity contribution is -0.121. The quantitative estimate of drug-likeness (QED) is 0.843. The van der Waals surface area contributed by atoms with Crippen molar-refractivity contribution in [1.82, 2.24) is 14.8 Å². The number of amides is 2. The van der Waals surface area contributed by atoms with Gasteiger partial charge in [-0.05, 0) is 37.5 Å². The van der Waals surface area contributed by atoms with E-state index in [0.717, 1.165) is 48.5 Å². The first-order chi connectivity index (χ1) is 12.5. The number of nitrogens with zero attached hydrogens (tertiary/aromatic N) is 2. The SMILES string of the molecule is Cc1csc(=O)n1CCC(=O)NCc1ccc(C(=O)N2CCCC2)cc1. The second-order valence-corrected chi connectivity index (χ2v) is 7.34. The Kier molecular flexibility index (Phi) is 5.88. The molecule has 2 heterocycles. The Morgan fingerprint density at radius 2 is 1.85 bits per heavy atom. The molecule has 1 saturated heterocycles. The second-order valence-electron chi connectivity index (χ2n) is 6.52. The third-order valence-electron chi connectivity index (χ3n) is 4.62. The molecule has 1 aromatic heterocycles. The van der Waals surface area contributed by atoms with Gasteiger partial charge in [0.1, 0.15) is 0 Å². The van der Waals surface area contributed by atoms with Gasteiger partial charge >= 0.3 is 4.87 Å². The van der Waals surface area contributed by atoms with Crippen molar-refractivity contribution in [3.8, 4) is 0 Å². The van der Waals surface area contributed by atoms with Crippen LogP contribution in [-0.4, -0.2) is 34.4 Å². The highest BCUT2D eigenvalue weighted by molar-refractivity contribution is 7.07. The maximum atomic E-state index is 12.3. The van der Waals surface area contributed by atoms with E-state index in [2.05, 4.69) is 5.32 Å². The van der Waals surface area contributed by atoms with E-state index >= 15 is 0 Å². The fourth-order valence-corrected chi connectivity index (χ4v) is 3.81. The van der Waals surface area contributed by atoms with Gasteiger partial charge in [0.2, 0.25) is 5.91 Å². The molecule has 6 nitrogen and oxygen atoms in total. The van der Waals surface area contributed by atoms with Gasteiger partial charge in [-0.15, -0.1) is 0 Å². The highest BCUT2D eigenvalue weighted by atomic mass is 32.1. The lowest BCUT2D eigenvalue weighted by Gasteiger charge is -2.15. The molecule has 1 N–H and O–H groups in total. The largest absolute Gasteiger partial charge is 0.352 e. The fourth-order valence-electron chi connectivity index (χ4n) is 3.04. The number of carbonyl (C=O) groups excluding carboxylic acids is 2. The molecule has 0 saturated carbocycles. The van der Waals surface area contributed by atoms with Gasteiger partial charge in [0.05, 0.1) is 0 Å². The molecule has 1 fully saturated rings. The average Bonchev–Trinajstić information content (AvgIpc) is 3.29. The Morgan fingerprint density at radius 1 is 1.15 bits per heavy atom. The smallest absolute Gasteiger partial charge is 0.307 e. The van der Waals surface area contributed by atoms with Gasteiger partial charge in [-0.2, -0.15) is 0 Å². The lowest BCUT2D eigenvalue weighted by atomic mass is 10.1. The molecule has 2 aromatic rings. The molecule has 138 valence electrons. The van der Waals surface area contributed by atoms with Gasteiger partial charge in [-0.1, -0.05) is 23.5 Å². The molecular formula is C19H23N3O3S. The zero-order valence-electron chi connectivity index (χ0n) is 14.9. The molecule has 7 heteroatoms. The maximum absolute atomic E-state index is 12.3. The Bertz CT molecular complexity index is 832. The number of carbonyl (C=O) groups is 2. The minimum Gasteiger partial charge on any atom is -0.352 e. The van der Waals surface area contributed by atoms with Crippen molar-refractivity contribution in [1.29, 1.82) is 0 Å². The van der Waals surface area contributed by atoms with E-state index in [-0.39, 0.29) is 23.1 Å². The van der Waals surface area contributed by atoms with Crippen LogP contribution in [0.4, 0.5) is 0 Å². The lowest BCUT2D eigenvalue weighted by Crippen LogP contribution is -2.27. The molecule has 0 aliphatic carbocycles. The number of thiazole rings is 1. The summed E-state index contributed by atoms with van der Waals surface area (Å²) in [6, 6.07) is 7.38. The first kappa shape index (κ1) is 18.4. The molecule has 0 atom stereocenters. The number of hydrogen-bond acceptors (Lipinski definition) is 4. The minimum absolute atomic E-state index is 0.0337. The third-order valence-corrected chi connectivity index (χ3v) is 5.50. The Balaban J connectivity index is 1.47. The highest BCUT2D eigenvalue weighted by Gasteiger charge is 2.19. The summed E-state index contributed by atoms with van der Waals surface area (Å²) in [6.07, 6.45) is 2.42. The number of rotatable bonds is 6. The van der Waals surface area contributed by atoms with Crippen LogP contribution in [0.25, 0.3) is 0 Å². The van der Waals surface area contributed by atoms with Crippen molar-refractivity contribution >= 4 is 23.2 Å². The maximum Gasteiger partial charge on any atom is 0.307 e. The topological polar surface area (TPSA) is 71.4 Å². The Morgan fingerprint density at radius 3 is 2.46 bits per heavy atom. The summed E-state index contributed by atoms with van der Waals surface area (Å²) in [6.45, 7) is 4.34. The van der Waals surface area contributed by atoms with Gasteiger partial charge in [0, 0.05) is 49.2 Å². The van der Waals surface area contributed by atoms with Crippen LogP contribution in [0.5, 0.6) is 0 Å². The van der Waals surface area contributed by atoms with E-state index < -0.39 is 0 Å². The van der Waals surface area contributed by atoms with Crippen LogP contribution in [0, 0.1) is 6.92 Å². The Hall–Kier alpha value is -2.41. The van der Waals surface area contributed by atoms with Crippen molar-refractivity contribution in [2.24, 2.45) is 0 Å². The minimum atomic E-state index is -0.0975. The highest BCUT2D eigenvalue weighted by Crippen LogP contribution is 2.13. The molecule has 1 aliphatic heterocycles. The number of hydrogen-bond donors (Lipinski definition) is 1. The molecule has 1 aliphatic rings. The third kappa shape index (κ3) is 4.40. The summed E-state index contributed by atoms with van der Waals surface area (Å²) >= 11 is 1.15. The molecule has 3 rings (SSSR count). The summed E-state index contributed by atoms with van der Waals surface area (Å²) < 4.78 is 1.61. The van der Waals surface area contributed by atoms with E-state index in [9.17, 15) is 14.4 Å². The number of benzene rings is 1. The van der Waals surface area contributed by atoms with Crippen LogP contribution in [-0.2, 0) is 17.9 Å². The average molecular weight is 373 g/mol. The summed E-state index contributed by atoms with van der Waals surface area (Å²) in [4.78, 5) is 37.8. The van der Waals surface area contributed by atoms with E-state index in [1.54, 1.807) is 9.95 Å². The first-order valence-corrected chi connectivity index (χ1v) is 9.72. The van der Waals surface area contributed by atoms with Gasteiger partial charge < -0.3 is 14.8 Å². The Labute approximate surface area is 156 Å². The molecule has 0 bridgehead atoms. The van der Waals surface area contributed by atoms with Crippen LogP contribution >= 0.6 is 11.3 Å². The van der Waals surface area contributed by atoms with Gasteiger partial charge in [0.25, 0.3) is 5.91 Å². The van der Waals surface area contributed by atoms with Crippen molar-refractivity contribution in [2.45, 2.75) is 39.3 Å². The van der Waals surface area contributed by atoms with Crippen molar-refractivity contribution in [3.05, 3.63) is 56.1 Å². The van der Waals surface area contributed by atoms with E-state index in [0.29, 0.717) is 18.7 Å². The van der Waals surface area contributed by atoms with E-state index in [1.165, 1.54) is 0 Å².